The molecule has 1 amide bonds. The first-order valence-corrected chi connectivity index (χ1v) is 6.02. The van der Waals surface area contributed by atoms with Crippen LogP contribution in [0, 0.1) is 6.92 Å². The molecule has 0 saturated heterocycles. The number of thiazole rings is 1. The van der Waals surface area contributed by atoms with Crippen molar-refractivity contribution >= 4 is 22.4 Å². The minimum absolute atomic E-state index is 0.111. The number of carbonyl (C=O) groups excluding carboxylic acids is 1. The SMILES string of the molecule is Cc1cccc(C(=O)Nc2nc(C(F)(F)F)cs2)n1. The molecular weight excluding hydrogens is 279 g/mol. The summed E-state index contributed by atoms with van der Waals surface area (Å²) in [4.78, 5) is 19.0. The molecule has 0 bridgehead atoms. The number of amides is 1. The highest BCUT2D eigenvalue weighted by Gasteiger charge is 2.33. The minimum atomic E-state index is -4.51. The standard InChI is InChI=1S/C11H8F3N3OS/c1-6-3-2-4-7(15-6)9(18)17-10-16-8(5-19-10)11(12,13)14/h2-5H,1H3,(H,16,17,18). The van der Waals surface area contributed by atoms with Gasteiger partial charge in [-0.2, -0.15) is 13.2 Å². The first-order chi connectivity index (χ1) is 8.86. The van der Waals surface area contributed by atoms with Gasteiger partial charge in [-0.25, -0.2) is 9.97 Å². The zero-order chi connectivity index (χ0) is 14.0. The number of carbonyl (C=O) groups is 1. The Morgan fingerprint density at radius 3 is 2.63 bits per heavy atom. The van der Waals surface area contributed by atoms with Crippen molar-refractivity contribution < 1.29 is 18.0 Å². The smallest absolute Gasteiger partial charge is 0.296 e. The van der Waals surface area contributed by atoms with Crippen LogP contribution < -0.4 is 5.32 Å². The highest BCUT2D eigenvalue weighted by atomic mass is 32.1. The minimum Gasteiger partial charge on any atom is -0.296 e. The summed E-state index contributed by atoms with van der Waals surface area (Å²) in [6, 6.07) is 4.82. The topological polar surface area (TPSA) is 54.9 Å². The van der Waals surface area contributed by atoms with E-state index < -0.39 is 17.8 Å². The molecule has 0 fully saturated rings. The summed E-state index contributed by atoms with van der Waals surface area (Å²) < 4.78 is 37.0. The van der Waals surface area contributed by atoms with Crippen molar-refractivity contribution in [1.82, 2.24) is 9.97 Å². The van der Waals surface area contributed by atoms with Gasteiger partial charge in [0.1, 0.15) is 5.69 Å². The molecule has 0 aliphatic rings. The van der Waals surface area contributed by atoms with Crippen LogP contribution in [0.5, 0.6) is 0 Å². The average molecular weight is 287 g/mol. The first-order valence-electron chi connectivity index (χ1n) is 5.14. The van der Waals surface area contributed by atoms with E-state index in [1.165, 1.54) is 6.07 Å². The van der Waals surface area contributed by atoms with Gasteiger partial charge < -0.3 is 0 Å². The summed E-state index contributed by atoms with van der Waals surface area (Å²) in [5.41, 5.74) is -0.253. The third kappa shape index (κ3) is 3.28. The Morgan fingerprint density at radius 2 is 2.05 bits per heavy atom. The molecular formula is C11H8F3N3OS. The molecule has 2 heterocycles. The number of halogens is 3. The lowest BCUT2D eigenvalue weighted by molar-refractivity contribution is -0.140. The molecule has 0 atom stereocenters. The predicted octanol–water partition coefficient (Wildman–Crippen LogP) is 3.12. The maximum absolute atomic E-state index is 12.3. The van der Waals surface area contributed by atoms with Crippen molar-refractivity contribution in [3.05, 3.63) is 40.7 Å². The van der Waals surface area contributed by atoms with Gasteiger partial charge in [0.05, 0.1) is 0 Å². The van der Waals surface area contributed by atoms with E-state index in [1.54, 1.807) is 19.1 Å². The van der Waals surface area contributed by atoms with E-state index in [4.69, 9.17) is 0 Å². The highest BCUT2D eigenvalue weighted by molar-refractivity contribution is 7.14. The zero-order valence-electron chi connectivity index (χ0n) is 9.65. The molecule has 4 nitrogen and oxygen atoms in total. The Bertz CT molecular complexity index is 609. The van der Waals surface area contributed by atoms with Crippen LogP contribution in [0.2, 0.25) is 0 Å². The van der Waals surface area contributed by atoms with E-state index >= 15 is 0 Å². The number of nitrogens with zero attached hydrogens (tertiary/aromatic N) is 2. The third-order valence-corrected chi connectivity index (χ3v) is 2.89. The monoisotopic (exact) mass is 287 g/mol. The van der Waals surface area contributed by atoms with E-state index in [2.05, 4.69) is 15.3 Å². The van der Waals surface area contributed by atoms with Gasteiger partial charge in [0.2, 0.25) is 0 Å². The second-order valence-corrected chi connectivity index (χ2v) is 4.51. The van der Waals surface area contributed by atoms with Crippen LogP contribution in [-0.2, 0) is 6.18 Å². The maximum atomic E-state index is 12.3. The summed E-state index contributed by atoms with van der Waals surface area (Å²) >= 11 is 0.713. The lowest BCUT2D eigenvalue weighted by Gasteiger charge is -2.02. The van der Waals surface area contributed by atoms with Gasteiger partial charge >= 0.3 is 6.18 Å². The number of nitrogens with one attached hydrogen (secondary N) is 1. The molecule has 100 valence electrons. The van der Waals surface area contributed by atoms with E-state index in [1.807, 2.05) is 0 Å². The molecule has 2 rings (SSSR count). The molecule has 2 aromatic rings. The molecule has 0 aromatic carbocycles. The lowest BCUT2D eigenvalue weighted by Crippen LogP contribution is -2.14. The molecule has 8 heteroatoms. The number of rotatable bonds is 2. The van der Waals surface area contributed by atoms with Crippen molar-refractivity contribution in [2.45, 2.75) is 13.1 Å². The van der Waals surface area contributed by atoms with Gasteiger partial charge in [0, 0.05) is 11.1 Å². The van der Waals surface area contributed by atoms with Gasteiger partial charge in [0.15, 0.2) is 10.8 Å². The number of aromatic nitrogens is 2. The largest absolute Gasteiger partial charge is 0.434 e. The summed E-state index contributed by atoms with van der Waals surface area (Å²) in [5.74, 6) is -0.591. The quantitative estimate of drug-likeness (QED) is 0.923. The Hall–Kier alpha value is -1.96. The zero-order valence-corrected chi connectivity index (χ0v) is 10.5. The average Bonchev–Trinajstić information content (AvgIpc) is 2.77. The number of alkyl halides is 3. The lowest BCUT2D eigenvalue weighted by atomic mass is 10.3. The fraction of sp³-hybridized carbons (Fsp3) is 0.182. The van der Waals surface area contributed by atoms with Gasteiger partial charge in [-0.05, 0) is 19.1 Å². The van der Waals surface area contributed by atoms with Crippen molar-refractivity contribution in [3.8, 4) is 0 Å². The van der Waals surface area contributed by atoms with Crippen molar-refractivity contribution in [3.63, 3.8) is 0 Å². The van der Waals surface area contributed by atoms with Crippen LogP contribution >= 0.6 is 11.3 Å². The van der Waals surface area contributed by atoms with E-state index in [-0.39, 0.29) is 10.8 Å². The van der Waals surface area contributed by atoms with Crippen molar-refractivity contribution in [2.75, 3.05) is 5.32 Å². The Labute approximate surface area is 110 Å². The Kier molecular flexibility index (Phi) is 3.52. The van der Waals surface area contributed by atoms with Gasteiger partial charge in [-0.1, -0.05) is 6.07 Å². The van der Waals surface area contributed by atoms with Crippen LogP contribution in [0.4, 0.5) is 18.3 Å². The molecule has 1 N–H and O–H groups in total. The molecule has 0 aliphatic carbocycles. The number of hydrogen-bond acceptors (Lipinski definition) is 4. The van der Waals surface area contributed by atoms with E-state index in [0.717, 1.165) is 5.38 Å². The number of pyridine rings is 1. The van der Waals surface area contributed by atoms with Gasteiger partial charge in [-0.3, -0.25) is 10.1 Å². The summed E-state index contributed by atoms with van der Waals surface area (Å²) in [7, 11) is 0. The molecule has 0 spiro atoms. The molecule has 0 radical (unpaired) electrons. The molecule has 19 heavy (non-hydrogen) atoms. The second kappa shape index (κ2) is 4.96. The third-order valence-electron chi connectivity index (χ3n) is 2.14. The second-order valence-electron chi connectivity index (χ2n) is 3.65. The van der Waals surface area contributed by atoms with Gasteiger partial charge in [0.25, 0.3) is 5.91 Å². The molecule has 0 aliphatic heterocycles. The molecule has 0 unspecified atom stereocenters. The number of aryl methyl sites for hydroxylation is 1. The predicted molar refractivity (Wildman–Crippen MR) is 64.0 cm³/mol. The van der Waals surface area contributed by atoms with Crippen LogP contribution in [0.15, 0.2) is 23.6 Å². The molecule has 0 saturated carbocycles. The number of hydrogen-bond donors (Lipinski definition) is 1. The fourth-order valence-electron chi connectivity index (χ4n) is 1.29. The van der Waals surface area contributed by atoms with Crippen molar-refractivity contribution in [2.24, 2.45) is 0 Å². The van der Waals surface area contributed by atoms with Crippen molar-refractivity contribution in [1.29, 1.82) is 0 Å². The van der Waals surface area contributed by atoms with Gasteiger partial charge in [-0.15, -0.1) is 11.3 Å². The first kappa shape index (κ1) is 13.5. The van der Waals surface area contributed by atoms with Crippen LogP contribution in [0.3, 0.4) is 0 Å². The number of anilines is 1. The fourth-order valence-corrected chi connectivity index (χ4v) is 2.00. The van der Waals surface area contributed by atoms with Crippen LogP contribution in [-0.4, -0.2) is 15.9 Å². The summed E-state index contributed by atoms with van der Waals surface area (Å²) in [5, 5.41) is 3.02. The van der Waals surface area contributed by atoms with E-state index in [9.17, 15) is 18.0 Å². The summed E-state index contributed by atoms with van der Waals surface area (Å²) in [6.45, 7) is 1.71. The molecule has 2 aromatic heterocycles. The van der Waals surface area contributed by atoms with Crippen LogP contribution in [0.1, 0.15) is 21.9 Å². The van der Waals surface area contributed by atoms with Crippen LogP contribution in [0.25, 0.3) is 0 Å². The normalized spacial score (nSPS) is 11.4. The maximum Gasteiger partial charge on any atom is 0.434 e. The Morgan fingerprint density at radius 1 is 1.32 bits per heavy atom. The summed E-state index contributed by atoms with van der Waals surface area (Å²) in [6.07, 6.45) is -4.51. The van der Waals surface area contributed by atoms with E-state index in [0.29, 0.717) is 17.0 Å². The highest BCUT2D eigenvalue weighted by Crippen LogP contribution is 2.31. The Balaban J connectivity index is 2.13.